The number of hydrogen-bond acceptors (Lipinski definition) is 6. The zero-order valence-corrected chi connectivity index (χ0v) is 16.8. The van der Waals surface area contributed by atoms with Gasteiger partial charge in [0, 0.05) is 5.39 Å². The Kier molecular flexibility index (Phi) is 5.36. The van der Waals surface area contributed by atoms with Crippen molar-refractivity contribution in [2.45, 2.75) is 51.1 Å². The van der Waals surface area contributed by atoms with Crippen LogP contribution in [0.15, 0.2) is 37.9 Å². The minimum absolute atomic E-state index is 0.00391. The van der Waals surface area contributed by atoms with E-state index >= 15 is 0 Å². The second-order valence-corrected chi connectivity index (χ2v) is 7.38. The van der Waals surface area contributed by atoms with Gasteiger partial charge in [0.1, 0.15) is 12.1 Å². The molecule has 1 aromatic carbocycles. The lowest BCUT2D eigenvalue weighted by Crippen LogP contribution is -2.50. The number of fused-ring (bicyclic) bond motifs is 1. The van der Waals surface area contributed by atoms with Crippen LogP contribution >= 0.6 is 0 Å². The zero-order valence-electron chi connectivity index (χ0n) is 16.8. The Hall–Kier alpha value is -3.47. The van der Waals surface area contributed by atoms with Gasteiger partial charge in [-0.2, -0.15) is 4.68 Å². The van der Waals surface area contributed by atoms with Gasteiger partial charge in [-0.15, -0.1) is 11.5 Å². The normalized spacial score (nSPS) is 15.6. The lowest BCUT2D eigenvalue weighted by molar-refractivity contribution is -0.123. The summed E-state index contributed by atoms with van der Waals surface area (Å²) in [5, 5.41) is 7.81. The predicted octanol–water partition coefficient (Wildman–Crippen LogP) is 3.10. The number of nitrogens with one attached hydrogen (secondary N) is 1. The standard InChI is InChI=1S/C22H23N3O5/c1-3-22(11-6-5-7-12-22)23-18(26)14-25-21(27)30-20(24-25)17-13-15-9-8-10-16(28-4-2)19(15)29-17/h1,8-10,13H,4-7,11-12,14H2,2H3,(H,23,26). The fourth-order valence-electron chi connectivity index (χ4n) is 3.82. The second-order valence-electron chi connectivity index (χ2n) is 7.38. The van der Waals surface area contributed by atoms with E-state index in [1.807, 2.05) is 19.1 Å². The number of para-hydroxylation sites is 1. The molecule has 1 N–H and O–H groups in total. The van der Waals surface area contributed by atoms with Crippen LogP contribution in [0, 0.1) is 12.3 Å². The molecule has 8 heteroatoms. The lowest BCUT2D eigenvalue weighted by atomic mass is 9.82. The molecular formula is C22H23N3O5. The maximum Gasteiger partial charge on any atom is 0.437 e. The van der Waals surface area contributed by atoms with Gasteiger partial charge in [0.2, 0.25) is 5.91 Å². The molecule has 0 saturated heterocycles. The summed E-state index contributed by atoms with van der Waals surface area (Å²) in [6.45, 7) is 2.09. The SMILES string of the molecule is C#CC1(NC(=O)Cn2nc(-c3cc4cccc(OCC)c4o3)oc2=O)CCCCC1. The van der Waals surface area contributed by atoms with E-state index in [1.165, 1.54) is 0 Å². The summed E-state index contributed by atoms with van der Waals surface area (Å²) in [6, 6.07) is 7.21. The molecule has 8 nitrogen and oxygen atoms in total. The zero-order chi connectivity index (χ0) is 21.1. The molecule has 0 unspecified atom stereocenters. The Balaban J connectivity index is 1.54. The molecule has 1 aliphatic rings. The van der Waals surface area contributed by atoms with Crippen LogP contribution in [-0.2, 0) is 11.3 Å². The Morgan fingerprint density at radius 1 is 1.33 bits per heavy atom. The number of hydrogen-bond donors (Lipinski definition) is 1. The smallest absolute Gasteiger partial charge is 0.437 e. The summed E-state index contributed by atoms with van der Waals surface area (Å²) in [4.78, 5) is 24.7. The summed E-state index contributed by atoms with van der Waals surface area (Å²) in [6.07, 6.45) is 10.2. The van der Waals surface area contributed by atoms with Crippen molar-refractivity contribution in [3.8, 4) is 29.7 Å². The van der Waals surface area contributed by atoms with Crippen LogP contribution in [0.25, 0.3) is 22.6 Å². The van der Waals surface area contributed by atoms with Crippen molar-refractivity contribution in [2.75, 3.05) is 6.61 Å². The largest absolute Gasteiger partial charge is 0.490 e. The van der Waals surface area contributed by atoms with E-state index in [1.54, 1.807) is 12.1 Å². The van der Waals surface area contributed by atoms with Gasteiger partial charge < -0.3 is 18.9 Å². The maximum atomic E-state index is 12.5. The van der Waals surface area contributed by atoms with Crippen molar-refractivity contribution in [1.82, 2.24) is 15.1 Å². The number of amides is 1. The van der Waals surface area contributed by atoms with Crippen molar-refractivity contribution in [3.05, 3.63) is 34.8 Å². The highest BCUT2D eigenvalue weighted by Crippen LogP contribution is 2.32. The molecule has 0 radical (unpaired) electrons. The third kappa shape index (κ3) is 3.83. The van der Waals surface area contributed by atoms with Crippen molar-refractivity contribution in [1.29, 1.82) is 0 Å². The van der Waals surface area contributed by atoms with E-state index in [4.69, 9.17) is 20.0 Å². The average molecular weight is 409 g/mol. The molecule has 156 valence electrons. The number of terminal acetylenes is 1. The molecule has 4 rings (SSSR count). The quantitative estimate of drug-likeness (QED) is 0.628. The van der Waals surface area contributed by atoms with Gasteiger partial charge in [0.15, 0.2) is 17.1 Å². The van der Waals surface area contributed by atoms with Crippen LogP contribution in [0.5, 0.6) is 5.75 Å². The number of rotatable bonds is 6. The van der Waals surface area contributed by atoms with Crippen molar-refractivity contribution in [2.24, 2.45) is 0 Å². The third-order valence-corrected chi connectivity index (χ3v) is 5.28. The van der Waals surface area contributed by atoms with E-state index in [2.05, 4.69) is 16.3 Å². The van der Waals surface area contributed by atoms with Crippen molar-refractivity contribution >= 4 is 16.9 Å². The number of nitrogens with zero attached hydrogens (tertiary/aromatic N) is 2. The van der Waals surface area contributed by atoms with Gasteiger partial charge in [-0.1, -0.05) is 37.3 Å². The van der Waals surface area contributed by atoms with E-state index in [0.29, 0.717) is 17.9 Å². The van der Waals surface area contributed by atoms with Crippen molar-refractivity contribution < 1.29 is 18.4 Å². The molecule has 0 atom stereocenters. The first kappa shape index (κ1) is 19.8. The highest BCUT2D eigenvalue weighted by Gasteiger charge is 2.31. The first-order valence-corrected chi connectivity index (χ1v) is 10.1. The van der Waals surface area contributed by atoms with Crippen molar-refractivity contribution in [3.63, 3.8) is 0 Å². The molecule has 30 heavy (non-hydrogen) atoms. The van der Waals surface area contributed by atoms with Crippen LogP contribution in [-0.4, -0.2) is 27.8 Å². The first-order chi connectivity index (χ1) is 14.5. The predicted molar refractivity (Wildman–Crippen MR) is 110 cm³/mol. The van der Waals surface area contributed by atoms with Crippen LogP contribution in [0.4, 0.5) is 0 Å². The fourth-order valence-corrected chi connectivity index (χ4v) is 3.82. The van der Waals surface area contributed by atoms with Gasteiger partial charge >= 0.3 is 5.76 Å². The molecule has 1 saturated carbocycles. The molecule has 1 aliphatic carbocycles. The van der Waals surface area contributed by atoms with Gasteiger partial charge in [0.05, 0.1) is 6.61 Å². The van der Waals surface area contributed by atoms with E-state index in [0.717, 1.165) is 42.2 Å². The fraction of sp³-hybridized carbons (Fsp3) is 0.409. The molecule has 1 fully saturated rings. The number of carbonyl (C=O) groups is 1. The molecule has 3 aromatic rings. The molecular weight excluding hydrogens is 386 g/mol. The Bertz CT molecular complexity index is 1160. The molecule has 1 amide bonds. The monoisotopic (exact) mass is 409 g/mol. The number of ether oxygens (including phenoxy) is 1. The molecule has 2 heterocycles. The topological polar surface area (TPSA) is 99.5 Å². The summed E-state index contributed by atoms with van der Waals surface area (Å²) >= 11 is 0. The Morgan fingerprint density at radius 2 is 2.13 bits per heavy atom. The first-order valence-electron chi connectivity index (χ1n) is 10.1. The summed E-state index contributed by atoms with van der Waals surface area (Å²) in [5.74, 6) is 2.47. The third-order valence-electron chi connectivity index (χ3n) is 5.28. The van der Waals surface area contributed by atoms with Crippen LogP contribution < -0.4 is 15.8 Å². The number of benzene rings is 1. The molecule has 0 aliphatic heterocycles. The van der Waals surface area contributed by atoms with E-state index < -0.39 is 11.3 Å². The summed E-state index contributed by atoms with van der Waals surface area (Å²) in [7, 11) is 0. The maximum absolute atomic E-state index is 12.5. The highest BCUT2D eigenvalue weighted by molar-refractivity contribution is 5.86. The summed E-state index contributed by atoms with van der Waals surface area (Å²) < 4.78 is 17.5. The van der Waals surface area contributed by atoms with Gasteiger partial charge in [0.25, 0.3) is 5.89 Å². The number of aromatic nitrogens is 2. The minimum Gasteiger partial charge on any atom is -0.490 e. The van der Waals surface area contributed by atoms with Crippen LogP contribution in [0.1, 0.15) is 39.0 Å². The van der Waals surface area contributed by atoms with Gasteiger partial charge in [-0.3, -0.25) is 4.79 Å². The molecule has 0 spiro atoms. The number of carbonyl (C=O) groups excluding carboxylic acids is 1. The molecule has 0 bridgehead atoms. The van der Waals surface area contributed by atoms with Crippen LogP contribution in [0.3, 0.4) is 0 Å². The average Bonchev–Trinajstić information content (AvgIpc) is 3.33. The Labute approximate surface area is 173 Å². The van der Waals surface area contributed by atoms with E-state index in [9.17, 15) is 9.59 Å². The highest BCUT2D eigenvalue weighted by atomic mass is 16.5. The lowest BCUT2D eigenvalue weighted by Gasteiger charge is -2.33. The van der Waals surface area contributed by atoms with E-state index in [-0.39, 0.29) is 24.1 Å². The van der Waals surface area contributed by atoms with Gasteiger partial charge in [-0.05, 0) is 31.9 Å². The Morgan fingerprint density at radius 3 is 2.87 bits per heavy atom. The minimum atomic E-state index is -0.746. The summed E-state index contributed by atoms with van der Waals surface area (Å²) in [5.41, 5.74) is -0.113. The second kappa shape index (κ2) is 8.11. The van der Waals surface area contributed by atoms with Gasteiger partial charge in [-0.25, -0.2) is 4.79 Å². The van der Waals surface area contributed by atoms with Crippen LogP contribution in [0.2, 0.25) is 0 Å². The number of furan rings is 1. The molecule has 2 aromatic heterocycles.